The zero-order valence-electron chi connectivity index (χ0n) is 14.2. The summed E-state index contributed by atoms with van der Waals surface area (Å²) in [6.45, 7) is 2.33. The average molecular weight is 337 g/mol. The minimum absolute atomic E-state index is 0.357. The highest BCUT2D eigenvalue weighted by atomic mass is 16.2. The predicted octanol–water partition coefficient (Wildman–Crippen LogP) is 2.13. The van der Waals surface area contributed by atoms with Gasteiger partial charge in [-0.05, 0) is 48.2 Å². The lowest BCUT2D eigenvalue weighted by Crippen LogP contribution is -2.40. The number of fused-ring (bicyclic) bond motifs is 1. The molecule has 2 atom stereocenters. The Morgan fingerprint density at radius 1 is 1.40 bits per heavy atom. The highest BCUT2D eigenvalue weighted by Crippen LogP contribution is 2.34. The van der Waals surface area contributed by atoms with Gasteiger partial charge in [0.1, 0.15) is 5.82 Å². The highest BCUT2D eigenvalue weighted by Gasteiger charge is 2.26. The highest BCUT2D eigenvalue weighted by molar-refractivity contribution is 5.90. The standard InChI is InChI=1S/C19H23N5O/c20-19(25)24-7-1-2-14-8-17(12-23-18(14)24)16-9-15(10-22-11-16)13-3-5-21-6-4-13/h3-5,8,10,12,15-16,21H,1-2,6-7,9,11H2,(H2,20,25). The summed E-state index contributed by atoms with van der Waals surface area (Å²) >= 11 is 0. The molecular formula is C19H23N5O. The third-order valence-corrected chi connectivity index (χ3v) is 5.21. The molecule has 4 heterocycles. The summed E-state index contributed by atoms with van der Waals surface area (Å²) in [5.74, 6) is 1.44. The van der Waals surface area contributed by atoms with Crippen molar-refractivity contribution in [3.8, 4) is 0 Å². The van der Waals surface area contributed by atoms with E-state index in [-0.39, 0.29) is 0 Å². The fraction of sp³-hybridized carbons (Fsp3) is 0.421. The molecular weight excluding hydrogens is 314 g/mol. The van der Waals surface area contributed by atoms with Gasteiger partial charge in [0.2, 0.25) is 0 Å². The van der Waals surface area contributed by atoms with Gasteiger partial charge in [-0.2, -0.15) is 0 Å². The van der Waals surface area contributed by atoms with Gasteiger partial charge >= 0.3 is 6.03 Å². The maximum absolute atomic E-state index is 11.6. The first-order chi connectivity index (χ1) is 12.2. The van der Waals surface area contributed by atoms with Crippen molar-refractivity contribution in [1.82, 2.24) is 10.3 Å². The molecule has 0 bridgehead atoms. The van der Waals surface area contributed by atoms with Crippen LogP contribution in [0.4, 0.5) is 10.6 Å². The van der Waals surface area contributed by atoms with E-state index in [1.165, 1.54) is 11.1 Å². The number of carbonyl (C=O) groups is 1. The number of nitrogens with zero attached hydrogens (tertiary/aromatic N) is 3. The lowest BCUT2D eigenvalue weighted by atomic mass is 9.83. The molecule has 0 spiro atoms. The number of nitrogens with one attached hydrogen (secondary N) is 1. The molecule has 3 aliphatic heterocycles. The number of hydrogen-bond acceptors (Lipinski definition) is 4. The molecule has 0 aromatic carbocycles. The van der Waals surface area contributed by atoms with Gasteiger partial charge in [0.05, 0.1) is 0 Å². The Balaban J connectivity index is 1.56. The molecule has 25 heavy (non-hydrogen) atoms. The Labute approximate surface area is 147 Å². The maximum Gasteiger partial charge on any atom is 0.320 e. The summed E-state index contributed by atoms with van der Waals surface area (Å²) in [6.07, 6.45) is 13.3. The van der Waals surface area contributed by atoms with Gasteiger partial charge in [-0.3, -0.25) is 9.89 Å². The molecule has 130 valence electrons. The van der Waals surface area contributed by atoms with Crippen molar-refractivity contribution in [2.75, 3.05) is 24.5 Å². The number of allylic oxidation sites excluding steroid dienone is 2. The van der Waals surface area contributed by atoms with Crippen LogP contribution >= 0.6 is 0 Å². The smallest absolute Gasteiger partial charge is 0.320 e. The Morgan fingerprint density at radius 2 is 2.32 bits per heavy atom. The maximum atomic E-state index is 11.6. The van der Waals surface area contributed by atoms with Crippen molar-refractivity contribution < 1.29 is 4.79 Å². The number of hydrogen-bond donors (Lipinski definition) is 2. The first-order valence-electron chi connectivity index (χ1n) is 8.88. The summed E-state index contributed by atoms with van der Waals surface area (Å²) in [6, 6.07) is 1.78. The topological polar surface area (TPSA) is 83.6 Å². The summed E-state index contributed by atoms with van der Waals surface area (Å²) in [7, 11) is 0. The molecule has 1 aromatic rings. The molecule has 3 N–H and O–H groups in total. The van der Waals surface area contributed by atoms with Crippen LogP contribution in [-0.2, 0) is 6.42 Å². The first kappa shape index (κ1) is 15.9. The van der Waals surface area contributed by atoms with Crippen LogP contribution in [0.25, 0.3) is 0 Å². The Hall–Kier alpha value is -2.63. The zero-order chi connectivity index (χ0) is 17.2. The van der Waals surface area contributed by atoms with E-state index in [9.17, 15) is 4.79 Å². The molecule has 0 radical (unpaired) electrons. The molecule has 6 nitrogen and oxygen atoms in total. The molecule has 0 saturated carbocycles. The van der Waals surface area contributed by atoms with E-state index in [4.69, 9.17) is 5.73 Å². The quantitative estimate of drug-likeness (QED) is 0.867. The molecule has 0 aliphatic carbocycles. The number of anilines is 1. The van der Waals surface area contributed by atoms with Crippen LogP contribution in [0.5, 0.6) is 0 Å². The van der Waals surface area contributed by atoms with Crippen molar-refractivity contribution in [3.63, 3.8) is 0 Å². The van der Waals surface area contributed by atoms with Gasteiger partial charge in [-0.1, -0.05) is 12.1 Å². The Kier molecular flexibility index (Phi) is 4.26. The Morgan fingerprint density at radius 3 is 3.12 bits per heavy atom. The van der Waals surface area contributed by atoms with E-state index in [1.807, 2.05) is 12.4 Å². The SMILES string of the molecule is NC(=O)N1CCCc2cc(C3CN=CC(C4=CCNC=C4)C3)cnc21. The molecule has 3 aliphatic rings. The minimum atomic E-state index is -0.423. The number of rotatable bonds is 2. The number of primary amides is 1. The second kappa shape index (κ2) is 6.70. The van der Waals surface area contributed by atoms with E-state index in [1.54, 1.807) is 4.90 Å². The second-order valence-electron chi connectivity index (χ2n) is 6.84. The number of aryl methyl sites for hydroxylation is 1. The van der Waals surface area contributed by atoms with Gasteiger partial charge in [0, 0.05) is 43.9 Å². The summed E-state index contributed by atoms with van der Waals surface area (Å²) < 4.78 is 0. The largest absolute Gasteiger partial charge is 0.387 e. The lowest BCUT2D eigenvalue weighted by molar-refractivity contribution is 0.253. The van der Waals surface area contributed by atoms with Crippen LogP contribution in [0.15, 0.2) is 41.2 Å². The van der Waals surface area contributed by atoms with Gasteiger partial charge in [0.25, 0.3) is 0 Å². The van der Waals surface area contributed by atoms with Crippen LogP contribution in [0.1, 0.15) is 29.9 Å². The third kappa shape index (κ3) is 3.16. The molecule has 0 fully saturated rings. The fourth-order valence-corrected chi connectivity index (χ4v) is 3.88. The average Bonchev–Trinajstić information content (AvgIpc) is 2.68. The van der Waals surface area contributed by atoms with Crippen molar-refractivity contribution in [3.05, 3.63) is 47.3 Å². The van der Waals surface area contributed by atoms with Crippen LogP contribution in [-0.4, -0.2) is 36.9 Å². The van der Waals surface area contributed by atoms with Crippen molar-refractivity contribution in [2.24, 2.45) is 16.6 Å². The van der Waals surface area contributed by atoms with Gasteiger partial charge in [0.15, 0.2) is 0 Å². The van der Waals surface area contributed by atoms with E-state index in [0.29, 0.717) is 18.4 Å². The molecule has 0 saturated heterocycles. The minimum Gasteiger partial charge on any atom is -0.387 e. The van der Waals surface area contributed by atoms with Crippen LogP contribution in [0.2, 0.25) is 0 Å². The summed E-state index contributed by atoms with van der Waals surface area (Å²) in [5.41, 5.74) is 9.14. The first-order valence-corrected chi connectivity index (χ1v) is 8.88. The number of carbonyl (C=O) groups excluding carboxylic acids is 1. The van der Waals surface area contributed by atoms with Crippen LogP contribution in [0.3, 0.4) is 0 Å². The number of dihydropyridines is 1. The van der Waals surface area contributed by atoms with Crippen molar-refractivity contribution in [1.29, 1.82) is 0 Å². The van der Waals surface area contributed by atoms with E-state index >= 15 is 0 Å². The predicted molar refractivity (Wildman–Crippen MR) is 98.9 cm³/mol. The van der Waals surface area contributed by atoms with Gasteiger partial charge in [-0.15, -0.1) is 0 Å². The lowest BCUT2D eigenvalue weighted by Gasteiger charge is -2.29. The fourth-order valence-electron chi connectivity index (χ4n) is 3.88. The van der Waals surface area contributed by atoms with Crippen LogP contribution in [0, 0.1) is 5.92 Å². The number of pyridine rings is 1. The molecule has 1 aromatic heterocycles. The number of aromatic nitrogens is 1. The number of nitrogens with two attached hydrogens (primary N) is 1. The van der Waals surface area contributed by atoms with E-state index in [0.717, 1.165) is 43.7 Å². The number of urea groups is 1. The molecule has 4 rings (SSSR count). The zero-order valence-corrected chi connectivity index (χ0v) is 14.2. The van der Waals surface area contributed by atoms with Gasteiger partial charge < -0.3 is 11.1 Å². The molecule has 2 amide bonds. The molecule has 2 unspecified atom stereocenters. The van der Waals surface area contributed by atoms with E-state index < -0.39 is 6.03 Å². The van der Waals surface area contributed by atoms with Crippen molar-refractivity contribution >= 4 is 18.1 Å². The monoisotopic (exact) mass is 337 g/mol. The third-order valence-electron chi connectivity index (χ3n) is 5.21. The molecule has 6 heteroatoms. The van der Waals surface area contributed by atoms with Gasteiger partial charge in [-0.25, -0.2) is 9.78 Å². The Bertz CT molecular complexity index is 767. The number of amides is 2. The summed E-state index contributed by atoms with van der Waals surface area (Å²) in [4.78, 5) is 22.4. The second-order valence-corrected chi connectivity index (χ2v) is 6.84. The van der Waals surface area contributed by atoms with E-state index in [2.05, 4.69) is 39.7 Å². The summed E-state index contributed by atoms with van der Waals surface area (Å²) in [5, 5.41) is 3.19. The van der Waals surface area contributed by atoms with Crippen molar-refractivity contribution in [2.45, 2.75) is 25.2 Å². The number of aliphatic imine (C=N–C) groups is 1. The normalized spacial score (nSPS) is 25.1. The van der Waals surface area contributed by atoms with Crippen LogP contribution < -0.4 is 16.0 Å².